The van der Waals surface area contributed by atoms with Crippen LogP contribution in [0.3, 0.4) is 0 Å². The van der Waals surface area contributed by atoms with E-state index in [1.165, 1.54) is 6.07 Å². The topological polar surface area (TPSA) is 26.0 Å². The number of hydrogen-bond acceptors (Lipinski definition) is 2. The van der Waals surface area contributed by atoms with Crippen molar-refractivity contribution in [2.45, 2.75) is 4.90 Å². The monoisotopic (exact) mass is 143 g/mol. The van der Waals surface area contributed by atoms with Crippen LogP contribution in [0.4, 0.5) is 4.39 Å². The normalized spacial score (nSPS) is 9.56. The van der Waals surface area contributed by atoms with Gasteiger partial charge in [0, 0.05) is 0 Å². The number of benzene rings is 1. The van der Waals surface area contributed by atoms with Crippen LogP contribution in [-0.2, 0) is 0 Å². The van der Waals surface area contributed by atoms with Crippen LogP contribution in [0.2, 0.25) is 0 Å². The highest BCUT2D eigenvalue weighted by atomic mass is 32.2. The third-order valence-electron chi connectivity index (χ3n) is 0.964. The van der Waals surface area contributed by atoms with E-state index in [9.17, 15) is 4.39 Å². The predicted octanol–water partition coefficient (Wildman–Crippen LogP) is 1.79. The van der Waals surface area contributed by atoms with Gasteiger partial charge in [0.2, 0.25) is 0 Å². The largest absolute Gasteiger partial charge is 0.274 e. The molecule has 1 aromatic rings. The lowest BCUT2D eigenvalue weighted by Crippen LogP contribution is -1.82. The molecule has 0 unspecified atom stereocenters. The van der Waals surface area contributed by atoms with Gasteiger partial charge in [0.05, 0.1) is 4.90 Å². The Morgan fingerprint density at radius 3 is 2.44 bits per heavy atom. The van der Waals surface area contributed by atoms with Gasteiger partial charge in [-0.05, 0) is 24.1 Å². The first-order chi connectivity index (χ1) is 4.34. The van der Waals surface area contributed by atoms with E-state index in [0.717, 1.165) is 11.9 Å². The van der Waals surface area contributed by atoms with Crippen LogP contribution in [0.25, 0.3) is 0 Å². The molecular formula is C6H6FNS. The van der Waals surface area contributed by atoms with Gasteiger partial charge in [-0.3, -0.25) is 5.14 Å². The average Bonchev–Trinajstić information content (AvgIpc) is 1.89. The Morgan fingerprint density at radius 2 is 2.00 bits per heavy atom. The zero-order valence-corrected chi connectivity index (χ0v) is 5.49. The zero-order chi connectivity index (χ0) is 6.69. The van der Waals surface area contributed by atoms with Crippen LogP contribution in [0.15, 0.2) is 29.2 Å². The predicted molar refractivity (Wildman–Crippen MR) is 36.4 cm³/mol. The highest BCUT2D eigenvalue weighted by molar-refractivity contribution is 7.97. The fourth-order valence-electron chi connectivity index (χ4n) is 0.540. The van der Waals surface area contributed by atoms with Crippen LogP contribution in [0, 0.1) is 5.82 Å². The average molecular weight is 143 g/mol. The second-order valence-electron chi connectivity index (χ2n) is 1.55. The zero-order valence-electron chi connectivity index (χ0n) is 4.67. The molecule has 1 rings (SSSR count). The summed E-state index contributed by atoms with van der Waals surface area (Å²) in [6.07, 6.45) is 0. The van der Waals surface area contributed by atoms with E-state index >= 15 is 0 Å². The summed E-state index contributed by atoms with van der Waals surface area (Å²) < 4.78 is 12.5. The summed E-state index contributed by atoms with van der Waals surface area (Å²) in [5.41, 5.74) is 0. The highest BCUT2D eigenvalue weighted by Crippen LogP contribution is 2.14. The van der Waals surface area contributed by atoms with E-state index in [-0.39, 0.29) is 5.82 Å². The van der Waals surface area contributed by atoms with Crippen LogP contribution < -0.4 is 5.14 Å². The minimum absolute atomic E-state index is 0.259. The lowest BCUT2D eigenvalue weighted by molar-refractivity contribution is 0.602. The molecule has 0 aliphatic carbocycles. The van der Waals surface area contributed by atoms with Crippen molar-refractivity contribution in [3.63, 3.8) is 0 Å². The fourth-order valence-corrected chi connectivity index (χ4v) is 0.878. The molecule has 0 aliphatic heterocycles. The van der Waals surface area contributed by atoms with E-state index in [2.05, 4.69) is 0 Å². The second-order valence-corrected chi connectivity index (χ2v) is 2.22. The molecule has 0 amide bonds. The van der Waals surface area contributed by atoms with Gasteiger partial charge in [-0.15, -0.1) is 0 Å². The third kappa shape index (κ3) is 1.43. The van der Waals surface area contributed by atoms with Crippen molar-refractivity contribution in [1.82, 2.24) is 0 Å². The van der Waals surface area contributed by atoms with Crippen molar-refractivity contribution < 1.29 is 4.39 Å². The minimum Gasteiger partial charge on any atom is -0.274 e. The van der Waals surface area contributed by atoms with Crippen molar-refractivity contribution in [1.29, 1.82) is 0 Å². The Labute approximate surface area is 57.2 Å². The van der Waals surface area contributed by atoms with Crippen molar-refractivity contribution in [2.24, 2.45) is 5.14 Å². The van der Waals surface area contributed by atoms with Crippen LogP contribution in [0.5, 0.6) is 0 Å². The Balaban J connectivity index is 3.01. The van der Waals surface area contributed by atoms with E-state index in [0.29, 0.717) is 4.90 Å². The number of halogens is 1. The van der Waals surface area contributed by atoms with Gasteiger partial charge >= 0.3 is 0 Å². The van der Waals surface area contributed by atoms with Gasteiger partial charge in [0.15, 0.2) is 0 Å². The summed E-state index contributed by atoms with van der Waals surface area (Å²) in [7, 11) is 0. The molecule has 48 valence electrons. The van der Waals surface area contributed by atoms with Gasteiger partial charge in [-0.25, -0.2) is 4.39 Å². The fraction of sp³-hybridized carbons (Fsp3) is 0. The molecule has 0 aromatic heterocycles. The molecular weight excluding hydrogens is 137 g/mol. The molecule has 0 saturated heterocycles. The Kier molecular flexibility index (Phi) is 2.08. The molecule has 0 radical (unpaired) electrons. The maximum absolute atomic E-state index is 12.5. The van der Waals surface area contributed by atoms with E-state index < -0.39 is 0 Å². The summed E-state index contributed by atoms with van der Waals surface area (Å²) >= 11 is 0.920. The Hall–Kier alpha value is -0.540. The summed E-state index contributed by atoms with van der Waals surface area (Å²) in [6, 6.07) is 6.41. The smallest absolute Gasteiger partial charge is 0.138 e. The summed E-state index contributed by atoms with van der Waals surface area (Å²) in [4.78, 5) is 0.484. The van der Waals surface area contributed by atoms with Gasteiger partial charge in [-0.2, -0.15) is 0 Å². The summed E-state index contributed by atoms with van der Waals surface area (Å²) in [6.45, 7) is 0. The van der Waals surface area contributed by atoms with Crippen molar-refractivity contribution in [3.05, 3.63) is 30.1 Å². The van der Waals surface area contributed by atoms with Gasteiger partial charge in [0.1, 0.15) is 5.82 Å². The molecule has 9 heavy (non-hydrogen) atoms. The Bertz CT molecular complexity index is 202. The third-order valence-corrected chi connectivity index (χ3v) is 1.55. The maximum Gasteiger partial charge on any atom is 0.138 e. The molecule has 1 aromatic carbocycles. The standard InChI is InChI=1S/C6H6FNS/c7-5-3-1-2-4-6(5)9-8/h1-4H,8H2. The first-order valence-electron chi connectivity index (χ1n) is 2.46. The molecule has 0 fully saturated rings. The first kappa shape index (κ1) is 6.58. The Morgan fingerprint density at radius 1 is 1.33 bits per heavy atom. The number of nitrogens with two attached hydrogens (primary N) is 1. The van der Waals surface area contributed by atoms with Crippen LogP contribution >= 0.6 is 11.9 Å². The molecule has 3 heteroatoms. The number of rotatable bonds is 1. The van der Waals surface area contributed by atoms with E-state index in [1.54, 1.807) is 18.2 Å². The summed E-state index contributed by atoms with van der Waals surface area (Å²) in [5.74, 6) is -0.259. The molecule has 2 N–H and O–H groups in total. The van der Waals surface area contributed by atoms with Crippen molar-refractivity contribution in [2.75, 3.05) is 0 Å². The SMILES string of the molecule is NSc1ccccc1F. The van der Waals surface area contributed by atoms with Gasteiger partial charge in [0.25, 0.3) is 0 Å². The summed E-state index contributed by atoms with van der Waals surface area (Å²) in [5, 5.41) is 5.13. The van der Waals surface area contributed by atoms with E-state index in [1.807, 2.05) is 0 Å². The molecule has 0 saturated carbocycles. The van der Waals surface area contributed by atoms with Crippen molar-refractivity contribution >= 4 is 11.9 Å². The highest BCUT2D eigenvalue weighted by Gasteiger charge is 1.95. The van der Waals surface area contributed by atoms with Crippen molar-refractivity contribution in [3.8, 4) is 0 Å². The maximum atomic E-state index is 12.5. The van der Waals surface area contributed by atoms with Crippen LogP contribution in [-0.4, -0.2) is 0 Å². The molecule has 1 nitrogen and oxygen atoms in total. The molecule has 0 atom stereocenters. The molecule has 0 aliphatic rings. The molecule has 0 bridgehead atoms. The van der Waals surface area contributed by atoms with Gasteiger partial charge in [-0.1, -0.05) is 12.1 Å². The van der Waals surface area contributed by atoms with Crippen LogP contribution in [0.1, 0.15) is 0 Å². The second kappa shape index (κ2) is 2.85. The van der Waals surface area contributed by atoms with E-state index in [4.69, 9.17) is 5.14 Å². The number of hydrogen-bond donors (Lipinski definition) is 1. The lowest BCUT2D eigenvalue weighted by Gasteiger charge is -1.93. The van der Waals surface area contributed by atoms with Gasteiger partial charge < -0.3 is 0 Å². The lowest BCUT2D eigenvalue weighted by atomic mass is 10.4. The minimum atomic E-state index is -0.259. The molecule has 0 heterocycles. The first-order valence-corrected chi connectivity index (χ1v) is 3.34. The quantitative estimate of drug-likeness (QED) is 0.606. The molecule has 0 spiro atoms.